The van der Waals surface area contributed by atoms with E-state index in [4.69, 9.17) is 14.0 Å². The molecule has 2 atom stereocenters. The predicted molar refractivity (Wildman–Crippen MR) is 158 cm³/mol. The fourth-order valence-electron chi connectivity index (χ4n) is 5.38. The van der Waals surface area contributed by atoms with E-state index in [0.29, 0.717) is 37.6 Å². The van der Waals surface area contributed by atoms with Gasteiger partial charge in [0.05, 0.1) is 31.0 Å². The normalized spacial score (nSPS) is 18.8. The monoisotopic (exact) mass is 603 g/mol. The van der Waals surface area contributed by atoms with Crippen molar-refractivity contribution >= 4 is 29.1 Å². The molecule has 2 fully saturated rings. The third-order valence-corrected chi connectivity index (χ3v) is 8.32. The van der Waals surface area contributed by atoms with Crippen molar-refractivity contribution in [2.24, 2.45) is 5.92 Å². The van der Waals surface area contributed by atoms with Crippen LogP contribution in [0.1, 0.15) is 93.6 Å². The fourth-order valence-corrected chi connectivity index (χ4v) is 5.95. The molecule has 2 N–H and O–H groups in total. The van der Waals surface area contributed by atoms with E-state index in [0.717, 1.165) is 51.6 Å². The number of aromatic nitrogens is 2. The fraction of sp³-hybridized carbons (Fsp3) is 0.700. The zero-order valence-electron chi connectivity index (χ0n) is 24.8. The molecule has 1 aliphatic heterocycles. The molecule has 3 heterocycles. The summed E-state index contributed by atoms with van der Waals surface area (Å²) >= 11 is 1.43. The van der Waals surface area contributed by atoms with E-state index in [9.17, 15) is 14.4 Å². The van der Waals surface area contributed by atoms with Crippen molar-refractivity contribution in [1.29, 1.82) is 0 Å². The summed E-state index contributed by atoms with van der Waals surface area (Å²) in [5.41, 5.74) is 2.51. The average Bonchev–Trinajstić information content (AvgIpc) is 3.67. The number of hydrogen-bond acceptors (Lipinski definition) is 10. The highest BCUT2D eigenvalue weighted by molar-refractivity contribution is 7.07. The first-order valence-corrected chi connectivity index (χ1v) is 16.3. The summed E-state index contributed by atoms with van der Waals surface area (Å²) in [5, 5.41) is 11.5. The first-order valence-electron chi connectivity index (χ1n) is 15.3. The molecular formula is C30H45N5O6S. The summed E-state index contributed by atoms with van der Waals surface area (Å²) < 4.78 is 16.8. The maximum absolute atomic E-state index is 13.6. The van der Waals surface area contributed by atoms with E-state index in [1.807, 2.05) is 19.2 Å². The minimum atomic E-state index is -0.911. The van der Waals surface area contributed by atoms with Crippen molar-refractivity contribution in [3.8, 4) is 0 Å². The van der Waals surface area contributed by atoms with Crippen LogP contribution in [0.3, 0.4) is 0 Å². The van der Waals surface area contributed by atoms with Crippen LogP contribution in [0.5, 0.6) is 0 Å². The number of thiazole rings is 1. The first kappa shape index (κ1) is 32.1. The smallest absolute Gasteiger partial charge is 0.329 e. The third-order valence-electron chi connectivity index (χ3n) is 7.69. The second-order valence-corrected chi connectivity index (χ2v) is 12.4. The third kappa shape index (κ3) is 10.5. The highest BCUT2D eigenvalue weighted by Gasteiger charge is 2.31. The van der Waals surface area contributed by atoms with Crippen LogP contribution in [-0.2, 0) is 32.0 Å². The van der Waals surface area contributed by atoms with Gasteiger partial charge in [0.15, 0.2) is 11.5 Å². The van der Waals surface area contributed by atoms with Crippen molar-refractivity contribution in [2.45, 2.75) is 103 Å². The molecule has 1 aliphatic carbocycles. The van der Waals surface area contributed by atoms with E-state index in [1.165, 1.54) is 24.2 Å². The molecule has 42 heavy (non-hydrogen) atoms. The zero-order chi connectivity index (χ0) is 29.7. The van der Waals surface area contributed by atoms with Crippen LogP contribution in [-0.4, -0.2) is 77.3 Å². The SMILES string of the molecule is CC(C)C[C@H](NC(=O)c1cc(CN2CCOCC2)on1)C(=O)N[C@@H](Cc1cscn1)C(=O)OC1CCCCCCCC1. The van der Waals surface area contributed by atoms with Crippen molar-refractivity contribution in [1.82, 2.24) is 25.7 Å². The Bertz CT molecular complexity index is 1110. The number of nitrogens with one attached hydrogen (secondary N) is 2. The van der Waals surface area contributed by atoms with Gasteiger partial charge in [-0.25, -0.2) is 9.78 Å². The van der Waals surface area contributed by atoms with Gasteiger partial charge in [0.2, 0.25) is 5.91 Å². The number of carbonyl (C=O) groups excluding carboxylic acids is 3. The molecule has 12 heteroatoms. The van der Waals surface area contributed by atoms with Gasteiger partial charge in [0, 0.05) is 31.0 Å². The van der Waals surface area contributed by atoms with Crippen molar-refractivity contribution in [3.63, 3.8) is 0 Å². The lowest BCUT2D eigenvalue weighted by molar-refractivity contribution is -0.154. The van der Waals surface area contributed by atoms with E-state index in [-0.39, 0.29) is 24.1 Å². The highest BCUT2D eigenvalue weighted by atomic mass is 32.1. The summed E-state index contributed by atoms with van der Waals surface area (Å²) in [4.78, 5) is 46.6. The molecule has 11 nitrogen and oxygen atoms in total. The van der Waals surface area contributed by atoms with Crippen LogP contribution in [0.25, 0.3) is 0 Å². The minimum Gasteiger partial charge on any atom is -0.461 e. The van der Waals surface area contributed by atoms with Crippen LogP contribution in [0.15, 0.2) is 21.5 Å². The van der Waals surface area contributed by atoms with Crippen molar-refractivity contribution in [3.05, 3.63) is 34.1 Å². The summed E-state index contributed by atoms with van der Waals surface area (Å²) in [6, 6.07) is -0.173. The van der Waals surface area contributed by atoms with E-state index < -0.39 is 29.9 Å². The van der Waals surface area contributed by atoms with Crippen LogP contribution in [0.2, 0.25) is 0 Å². The lowest BCUT2D eigenvalue weighted by Gasteiger charge is -2.25. The topological polar surface area (TPSA) is 136 Å². The van der Waals surface area contributed by atoms with E-state index in [1.54, 1.807) is 11.6 Å². The second-order valence-electron chi connectivity index (χ2n) is 11.7. The van der Waals surface area contributed by atoms with Gasteiger partial charge in [-0.2, -0.15) is 0 Å². The molecule has 232 valence electrons. The van der Waals surface area contributed by atoms with Gasteiger partial charge in [0.1, 0.15) is 18.2 Å². The van der Waals surface area contributed by atoms with Crippen LogP contribution in [0, 0.1) is 5.92 Å². The summed E-state index contributed by atoms with van der Waals surface area (Å²) in [6.45, 7) is 7.36. The molecule has 1 saturated heterocycles. The van der Waals surface area contributed by atoms with Crippen molar-refractivity contribution < 1.29 is 28.4 Å². The molecule has 2 aromatic rings. The number of ether oxygens (including phenoxy) is 2. The highest BCUT2D eigenvalue weighted by Crippen LogP contribution is 2.20. The number of morpholine rings is 1. The van der Waals surface area contributed by atoms with Crippen LogP contribution in [0.4, 0.5) is 0 Å². The molecule has 0 bridgehead atoms. The maximum atomic E-state index is 13.6. The summed E-state index contributed by atoms with van der Waals surface area (Å²) in [6.07, 6.45) is 8.89. The van der Waals surface area contributed by atoms with Gasteiger partial charge in [-0.1, -0.05) is 44.7 Å². The van der Waals surface area contributed by atoms with Gasteiger partial charge < -0.3 is 24.6 Å². The largest absolute Gasteiger partial charge is 0.461 e. The molecule has 0 radical (unpaired) electrons. The molecular weight excluding hydrogens is 558 g/mol. The lowest BCUT2D eigenvalue weighted by atomic mass is 10.0. The van der Waals surface area contributed by atoms with Crippen molar-refractivity contribution in [2.75, 3.05) is 26.3 Å². The quantitative estimate of drug-likeness (QED) is 0.347. The zero-order valence-corrected chi connectivity index (χ0v) is 25.7. The molecule has 0 spiro atoms. The van der Waals surface area contributed by atoms with Gasteiger partial charge in [-0.15, -0.1) is 11.3 Å². The lowest BCUT2D eigenvalue weighted by Crippen LogP contribution is -2.53. The second kappa shape index (κ2) is 16.7. The summed E-state index contributed by atoms with van der Waals surface area (Å²) in [5.74, 6) is -0.724. The predicted octanol–water partition coefficient (Wildman–Crippen LogP) is 3.88. The summed E-state index contributed by atoms with van der Waals surface area (Å²) in [7, 11) is 0. The van der Waals surface area contributed by atoms with Crippen LogP contribution >= 0.6 is 11.3 Å². The molecule has 2 aliphatic rings. The van der Waals surface area contributed by atoms with Gasteiger partial charge >= 0.3 is 5.97 Å². The molecule has 0 aromatic carbocycles. The van der Waals surface area contributed by atoms with Crippen LogP contribution < -0.4 is 10.6 Å². The van der Waals surface area contributed by atoms with Gasteiger partial charge in [-0.3, -0.25) is 14.5 Å². The Balaban J connectivity index is 1.40. The molecule has 4 rings (SSSR count). The Morgan fingerprint density at radius 1 is 1.05 bits per heavy atom. The minimum absolute atomic E-state index is 0.109. The molecule has 1 saturated carbocycles. The standard InChI is InChI=1S/C30H45N5O6S/c1-21(2)15-25(32-29(37)26-17-24(41-34-26)18-35-11-13-39-14-12-35)28(36)33-27(16-22-19-42-20-31-22)30(38)40-23-9-7-5-3-4-6-8-10-23/h17,19-21,23,25,27H,3-16,18H2,1-2H3,(H,32,37)(H,33,36)/t25-,27-/m0/s1. The van der Waals surface area contributed by atoms with E-state index >= 15 is 0 Å². The number of rotatable bonds is 12. The first-order chi connectivity index (χ1) is 20.4. The Hall–Kier alpha value is -2.83. The van der Waals surface area contributed by atoms with E-state index in [2.05, 4.69) is 25.7 Å². The average molecular weight is 604 g/mol. The number of hydrogen-bond donors (Lipinski definition) is 2. The number of nitrogens with zero attached hydrogens (tertiary/aromatic N) is 3. The molecule has 2 aromatic heterocycles. The molecule has 0 unspecified atom stereocenters. The number of amides is 2. The Kier molecular flexibility index (Phi) is 12.8. The maximum Gasteiger partial charge on any atom is 0.329 e. The van der Waals surface area contributed by atoms with Gasteiger partial charge in [-0.05, 0) is 38.0 Å². The Labute approximate surface area is 252 Å². The molecule has 2 amide bonds. The number of carbonyl (C=O) groups is 3. The number of esters is 1. The Morgan fingerprint density at radius 2 is 1.76 bits per heavy atom. The Morgan fingerprint density at radius 3 is 2.43 bits per heavy atom. The van der Waals surface area contributed by atoms with Gasteiger partial charge in [0.25, 0.3) is 5.91 Å².